The maximum atomic E-state index is 12.3. The first kappa shape index (κ1) is 17.9. The van der Waals surface area contributed by atoms with Crippen molar-refractivity contribution in [2.75, 3.05) is 17.7 Å². The van der Waals surface area contributed by atoms with Crippen LogP contribution in [-0.4, -0.2) is 25.1 Å². The van der Waals surface area contributed by atoms with Crippen molar-refractivity contribution in [1.82, 2.24) is 0 Å². The fraction of sp³-hybridized carbons (Fsp3) is 0.294. The van der Waals surface area contributed by atoms with Gasteiger partial charge in [-0.05, 0) is 42.7 Å². The molecule has 26 heavy (non-hydrogen) atoms. The molecule has 0 fully saturated rings. The van der Waals surface area contributed by atoms with Crippen LogP contribution in [0.15, 0.2) is 29.4 Å². The van der Waals surface area contributed by atoms with Crippen molar-refractivity contribution in [3.63, 3.8) is 0 Å². The van der Waals surface area contributed by atoms with Gasteiger partial charge in [0.2, 0.25) is 0 Å². The summed E-state index contributed by atoms with van der Waals surface area (Å²) in [6, 6.07) is 6.06. The average molecular weight is 374 g/mol. The zero-order valence-corrected chi connectivity index (χ0v) is 14.9. The minimum atomic E-state index is -0.597. The number of nitrogens with one attached hydrogen (secondary N) is 2. The monoisotopic (exact) mass is 374 g/mol. The lowest BCUT2D eigenvalue weighted by Crippen LogP contribution is -2.22. The van der Waals surface area contributed by atoms with Gasteiger partial charge in [0, 0.05) is 17.0 Å². The Balaban J connectivity index is 1.78. The smallest absolute Gasteiger partial charge is 0.324 e. The molecule has 0 aliphatic heterocycles. The summed E-state index contributed by atoms with van der Waals surface area (Å²) in [5.74, 6) is 0.0796. The molecule has 2 aromatic rings. The number of methoxy groups -OCH3 is 1. The topological polar surface area (TPSA) is 123 Å². The first-order chi connectivity index (χ1) is 12.5. The molecule has 0 spiro atoms. The van der Waals surface area contributed by atoms with Crippen LogP contribution in [0.25, 0.3) is 0 Å². The molecule has 0 radical (unpaired) electrons. The number of carbonyl (C=O) groups excluding carboxylic acids is 2. The number of hydrogen-bond donors (Lipinski definition) is 3. The largest absolute Gasteiger partial charge is 0.497 e. The molecule has 3 rings (SSSR count). The highest BCUT2D eigenvalue weighted by molar-refractivity contribution is 7.17. The van der Waals surface area contributed by atoms with Crippen molar-refractivity contribution in [2.45, 2.75) is 25.3 Å². The quantitative estimate of drug-likeness (QED) is 0.696. The summed E-state index contributed by atoms with van der Waals surface area (Å²) in [4.78, 5) is 35.8. The molecule has 4 N–H and O–H groups in total. The van der Waals surface area contributed by atoms with Gasteiger partial charge < -0.3 is 15.8 Å². The van der Waals surface area contributed by atoms with Crippen LogP contribution in [0.3, 0.4) is 0 Å². The summed E-state index contributed by atoms with van der Waals surface area (Å²) < 4.78 is 5.07. The predicted octanol–water partition coefficient (Wildman–Crippen LogP) is 3.12. The van der Waals surface area contributed by atoms with E-state index >= 15 is 0 Å². The lowest BCUT2D eigenvalue weighted by atomic mass is 9.92. The number of urea groups is 1. The van der Waals surface area contributed by atoms with E-state index in [1.807, 2.05) is 0 Å². The number of thiophene rings is 1. The maximum Gasteiger partial charge on any atom is 0.324 e. The summed E-state index contributed by atoms with van der Waals surface area (Å²) in [5.41, 5.74) is 7.21. The first-order valence-electron chi connectivity index (χ1n) is 8.00. The van der Waals surface area contributed by atoms with Crippen LogP contribution < -0.4 is 21.1 Å². The number of benzene rings is 1. The molecule has 1 aromatic carbocycles. The zero-order valence-electron chi connectivity index (χ0n) is 14.1. The highest BCUT2D eigenvalue weighted by Crippen LogP contribution is 2.38. The van der Waals surface area contributed by atoms with Crippen molar-refractivity contribution < 1.29 is 14.3 Å². The first-order valence-corrected chi connectivity index (χ1v) is 8.82. The Labute approximate surface area is 153 Å². The molecule has 1 unspecified atom stereocenters. The lowest BCUT2D eigenvalue weighted by Gasteiger charge is -2.16. The summed E-state index contributed by atoms with van der Waals surface area (Å²) in [6.07, 6.45) is 1.58. The number of nitroso groups, excluding NO2 is 1. The van der Waals surface area contributed by atoms with Gasteiger partial charge in [0.1, 0.15) is 10.8 Å². The number of fused-ring (bicyclic) bond motifs is 1. The average Bonchev–Trinajstić information content (AvgIpc) is 2.99. The van der Waals surface area contributed by atoms with E-state index in [4.69, 9.17) is 10.5 Å². The minimum absolute atomic E-state index is 0.303. The van der Waals surface area contributed by atoms with E-state index in [-0.39, 0.29) is 6.04 Å². The Hall–Kier alpha value is -2.94. The van der Waals surface area contributed by atoms with Gasteiger partial charge in [-0.1, -0.05) is 5.18 Å². The number of nitrogens with zero attached hydrogens (tertiary/aromatic N) is 1. The molecule has 9 heteroatoms. The summed E-state index contributed by atoms with van der Waals surface area (Å²) >= 11 is 1.26. The van der Waals surface area contributed by atoms with Crippen molar-refractivity contribution in [3.8, 4) is 5.75 Å². The van der Waals surface area contributed by atoms with E-state index in [1.165, 1.54) is 11.3 Å². The van der Waals surface area contributed by atoms with Crippen LogP contribution in [0.5, 0.6) is 5.75 Å². The number of primary amides is 1. The number of anilines is 2. The van der Waals surface area contributed by atoms with Crippen LogP contribution in [0.1, 0.15) is 27.2 Å². The highest BCUT2D eigenvalue weighted by Gasteiger charge is 2.29. The van der Waals surface area contributed by atoms with Gasteiger partial charge in [-0.3, -0.25) is 10.1 Å². The van der Waals surface area contributed by atoms with Gasteiger partial charge in [0.15, 0.2) is 0 Å². The predicted molar refractivity (Wildman–Crippen MR) is 100 cm³/mol. The SMILES string of the molecule is COc1ccc(NC(=O)Nc2sc3c(c2C(N)=O)CCC(N=O)C3)cc1. The number of hydrogen-bond acceptors (Lipinski definition) is 6. The molecule has 3 amide bonds. The third-order valence-corrected chi connectivity index (χ3v) is 5.38. The standard InChI is InChI=1S/C17H18N4O4S/c1-25-11-5-2-9(3-6-11)19-17(23)20-16-14(15(18)22)12-7-4-10(21-24)8-13(12)26-16/h2-3,5-6,10H,4,7-8H2,1H3,(H2,18,22)(H2,19,20,23). The van der Waals surface area contributed by atoms with Crippen molar-refractivity contribution in [2.24, 2.45) is 10.9 Å². The van der Waals surface area contributed by atoms with E-state index in [2.05, 4.69) is 15.8 Å². The maximum absolute atomic E-state index is 12.3. The number of ether oxygens (including phenoxy) is 1. The fourth-order valence-electron chi connectivity index (χ4n) is 2.95. The zero-order chi connectivity index (χ0) is 18.7. The van der Waals surface area contributed by atoms with Gasteiger partial charge in [0.05, 0.1) is 18.7 Å². The van der Waals surface area contributed by atoms with E-state index in [0.29, 0.717) is 41.3 Å². The number of nitrogens with two attached hydrogens (primary N) is 1. The van der Waals surface area contributed by atoms with Crippen LogP contribution >= 0.6 is 11.3 Å². The highest BCUT2D eigenvalue weighted by atomic mass is 32.1. The molecule has 1 atom stereocenters. The number of carbonyl (C=O) groups is 2. The van der Waals surface area contributed by atoms with Gasteiger partial charge in [-0.2, -0.15) is 4.91 Å². The molecule has 8 nitrogen and oxygen atoms in total. The third-order valence-electron chi connectivity index (χ3n) is 4.21. The number of rotatable bonds is 5. The Bertz CT molecular complexity index is 847. The van der Waals surface area contributed by atoms with E-state index in [1.54, 1.807) is 31.4 Å². The molecule has 0 saturated heterocycles. The van der Waals surface area contributed by atoms with Crippen molar-refractivity contribution >= 4 is 34.0 Å². The van der Waals surface area contributed by atoms with Crippen molar-refractivity contribution in [1.29, 1.82) is 0 Å². The normalized spacial score (nSPS) is 15.7. The fourth-order valence-corrected chi connectivity index (χ4v) is 4.27. The summed E-state index contributed by atoms with van der Waals surface area (Å²) in [6.45, 7) is 0. The molecule has 1 heterocycles. The van der Waals surface area contributed by atoms with Crippen LogP contribution in [-0.2, 0) is 12.8 Å². The molecule has 1 aliphatic carbocycles. The Morgan fingerprint density at radius 3 is 2.62 bits per heavy atom. The molecule has 1 aliphatic rings. The second-order valence-electron chi connectivity index (χ2n) is 5.88. The molecule has 0 saturated carbocycles. The molecule has 1 aromatic heterocycles. The van der Waals surface area contributed by atoms with Crippen molar-refractivity contribution in [3.05, 3.63) is 45.2 Å². The second-order valence-corrected chi connectivity index (χ2v) is 6.99. The number of amides is 3. The van der Waals surface area contributed by atoms with Crippen LogP contribution in [0.4, 0.5) is 15.5 Å². The van der Waals surface area contributed by atoms with Gasteiger partial charge in [-0.25, -0.2) is 4.79 Å². The summed E-state index contributed by atoms with van der Waals surface area (Å²) in [7, 11) is 1.56. The van der Waals surface area contributed by atoms with Crippen LogP contribution in [0.2, 0.25) is 0 Å². The molecule has 136 valence electrons. The molecular weight excluding hydrogens is 356 g/mol. The Morgan fingerprint density at radius 2 is 2.00 bits per heavy atom. The minimum Gasteiger partial charge on any atom is -0.497 e. The summed E-state index contributed by atoms with van der Waals surface area (Å²) in [5, 5.41) is 8.86. The second kappa shape index (κ2) is 7.52. The Morgan fingerprint density at radius 1 is 1.27 bits per heavy atom. The van der Waals surface area contributed by atoms with Gasteiger partial charge in [0.25, 0.3) is 5.91 Å². The molecule has 0 bridgehead atoms. The Kier molecular flexibility index (Phi) is 5.17. The van der Waals surface area contributed by atoms with Gasteiger partial charge >= 0.3 is 6.03 Å². The van der Waals surface area contributed by atoms with E-state index in [9.17, 15) is 14.5 Å². The third kappa shape index (κ3) is 3.67. The van der Waals surface area contributed by atoms with Crippen LogP contribution in [0, 0.1) is 4.91 Å². The van der Waals surface area contributed by atoms with E-state index in [0.717, 1.165) is 10.4 Å². The van der Waals surface area contributed by atoms with Gasteiger partial charge in [-0.15, -0.1) is 11.3 Å². The van der Waals surface area contributed by atoms with E-state index < -0.39 is 11.9 Å². The lowest BCUT2D eigenvalue weighted by molar-refractivity contribution is 0.100. The molecular formula is C17H18N4O4S.